The maximum absolute atomic E-state index is 11.2. The molecule has 0 bridgehead atoms. The number of carbonyl (C=O) groups excluding carboxylic acids is 1. The number of carbonyl (C=O) groups is 1. The van der Waals surface area contributed by atoms with E-state index in [9.17, 15) is 4.79 Å². The molecule has 2 aliphatic heterocycles. The Morgan fingerprint density at radius 1 is 1.54 bits per heavy atom. The summed E-state index contributed by atoms with van der Waals surface area (Å²) in [7, 11) is 1.56. The van der Waals surface area contributed by atoms with Gasteiger partial charge in [-0.15, -0.1) is 0 Å². The number of hydrogen-bond donors (Lipinski definition) is 2. The summed E-state index contributed by atoms with van der Waals surface area (Å²) < 4.78 is 0. The van der Waals surface area contributed by atoms with Crippen LogP contribution >= 0.6 is 0 Å². The van der Waals surface area contributed by atoms with Crippen molar-refractivity contribution in [2.45, 2.75) is 0 Å². The van der Waals surface area contributed by atoms with Crippen LogP contribution in [0.3, 0.4) is 0 Å². The highest BCUT2D eigenvalue weighted by atomic mass is 16.2. The summed E-state index contributed by atoms with van der Waals surface area (Å²) >= 11 is 0. The smallest absolute Gasteiger partial charge is 0.286 e. The number of hydrogen-bond acceptors (Lipinski definition) is 3. The molecule has 0 fully saturated rings. The Hall–Kier alpha value is -1.91. The Bertz CT molecular complexity index is 409. The second-order valence-electron chi connectivity index (χ2n) is 2.55. The second-order valence-corrected chi connectivity index (χ2v) is 2.55. The number of aromatic nitrogens is 3. The monoisotopic (exact) mass is 176 g/mol. The molecule has 0 aliphatic carbocycles. The Labute approximate surface area is 74.6 Å². The number of aromatic amines is 1. The van der Waals surface area contributed by atoms with Crippen molar-refractivity contribution in [3.63, 3.8) is 0 Å². The van der Waals surface area contributed by atoms with Gasteiger partial charge in [0.1, 0.15) is 5.69 Å². The first-order valence-corrected chi connectivity index (χ1v) is 3.83. The minimum Gasteiger partial charge on any atom is -0.352 e. The number of H-pyrrole nitrogens is 1. The Morgan fingerprint density at radius 3 is 3.15 bits per heavy atom. The van der Waals surface area contributed by atoms with Gasteiger partial charge in [-0.05, 0) is 6.07 Å². The maximum Gasteiger partial charge on any atom is 0.286 e. The molecule has 5 heteroatoms. The van der Waals surface area contributed by atoms with E-state index in [1.54, 1.807) is 25.5 Å². The van der Waals surface area contributed by atoms with Crippen LogP contribution in [0, 0.1) is 0 Å². The fourth-order valence-corrected chi connectivity index (χ4v) is 1.07. The van der Waals surface area contributed by atoms with Gasteiger partial charge in [-0.1, -0.05) is 0 Å². The summed E-state index contributed by atoms with van der Waals surface area (Å²) in [6.45, 7) is 0. The van der Waals surface area contributed by atoms with E-state index in [1.807, 2.05) is 0 Å². The third kappa shape index (κ3) is 1.24. The zero-order chi connectivity index (χ0) is 9.26. The third-order valence-electron chi connectivity index (χ3n) is 1.74. The largest absolute Gasteiger partial charge is 0.352 e. The first-order chi connectivity index (χ1) is 6.31. The highest BCUT2D eigenvalue weighted by molar-refractivity contribution is 5.90. The van der Waals surface area contributed by atoms with Crippen LogP contribution in [-0.2, 0) is 0 Å². The summed E-state index contributed by atoms with van der Waals surface area (Å²) in [6.07, 6.45) is 3.23. The highest BCUT2D eigenvalue weighted by Crippen LogP contribution is 2.14. The van der Waals surface area contributed by atoms with Crippen LogP contribution in [0.1, 0.15) is 10.6 Å². The molecule has 13 heavy (non-hydrogen) atoms. The van der Waals surface area contributed by atoms with Crippen LogP contribution < -0.4 is 5.32 Å². The van der Waals surface area contributed by atoms with Crippen LogP contribution in [0.5, 0.6) is 0 Å². The highest BCUT2D eigenvalue weighted by Gasteiger charge is 2.09. The predicted octanol–water partition coefficient (Wildman–Crippen LogP) is 0.269. The van der Waals surface area contributed by atoms with Gasteiger partial charge in [-0.3, -0.25) is 9.78 Å². The Morgan fingerprint density at radius 2 is 2.38 bits per heavy atom. The molecule has 0 aromatic rings. The standard InChI is InChI=1S/C8H8N4O/c1-9-8(13)7-11-4-6-5(12-7)2-3-10-6/h2-4H,1H3,(H,9,13)(H,11,12). The van der Waals surface area contributed by atoms with Gasteiger partial charge in [0.05, 0.1) is 11.9 Å². The van der Waals surface area contributed by atoms with Gasteiger partial charge in [-0.25, -0.2) is 4.98 Å². The molecule has 2 aliphatic rings. The molecule has 0 unspecified atom stereocenters. The number of rotatable bonds is 1. The van der Waals surface area contributed by atoms with Crippen LogP contribution in [-0.4, -0.2) is 27.9 Å². The molecule has 5 nitrogen and oxygen atoms in total. The molecule has 0 spiro atoms. The lowest BCUT2D eigenvalue weighted by molar-refractivity contribution is 0.0953. The van der Waals surface area contributed by atoms with Gasteiger partial charge in [0, 0.05) is 13.2 Å². The molecule has 0 atom stereocenters. The van der Waals surface area contributed by atoms with Crippen molar-refractivity contribution in [1.82, 2.24) is 20.3 Å². The van der Waals surface area contributed by atoms with E-state index in [4.69, 9.17) is 0 Å². The summed E-state index contributed by atoms with van der Waals surface area (Å²) in [4.78, 5) is 22.0. The number of nitrogens with one attached hydrogen (secondary N) is 2. The lowest BCUT2D eigenvalue weighted by Crippen LogP contribution is -2.20. The first-order valence-electron chi connectivity index (χ1n) is 3.83. The molecular weight excluding hydrogens is 168 g/mol. The molecule has 2 N–H and O–H groups in total. The van der Waals surface area contributed by atoms with E-state index in [2.05, 4.69) is 20.3 Å². The third-order valence-corrected chi connectivity index (χ3v) is 1.74. The molecule has 66 valence electrons. The Balaban J connectivity index is 2.49. The van der Waals surface area contributed by atoms with E-state index in [0.29, 0.717) is 5.82 Å². The van der Waals surface area contributed by atoms with E-state index < -0.39 is 0 Å². The van der Waals surface area contributed by atoms with E-state index >= 15 is 0 Å². The zero-order valence-corrected chi connectivity index (χ0v) is 7.03. The SMILES string of the molecule is CNC(=O)c1ncc2nccc-2[nH]1. The molecule has 0 aromatic carbocycles. The van der Waals surface area contributed by atoms with Crippen LogP contribution in [0.15, 0.2) is 18.5 Å². The van der Waals surface area contributed by atoms with Gasteiger partial charge in [0.25, 0.3) is 5.91 Å². The average molecular weight is 176 g/mol. The fraction of sp³-hybridized carbons (Fsp3) is 0.125. The number of nitrogens with zero attached hydrogens (tertiary/aromatic N) is 2. The zero-order valence-electron chi connectivity index (χ0n) is 7.03. The van der Waals surface area contributed by atoms with Crippen molar-refractivity contribution in [2.24, 2.45) is 0 Å². The fourth-order valence-electron chi connectivity index (χ4n) is 1.07. The van der Waals surface area contributed by atoms with Crippen molar-refractivity contribution in [3.8, 4) is 11.4 Å². The molecule has 0 saturated carbocycles. The number of fused-ring (bicyclic) bond motifs is 1. The van der Waals surface area contributed by atoms with Crippen molar-refractivity contribution in [1.29, 1.82) is 0 Å². The number of amides is 1. The summed E-state index contributed by atoms with van der Waals surface area (Å²) in [6, 6.07) is 1.80. The predicted molar refractivity (Wildman–Crippen MR) is 46.4 cm³/mol. The molecule has 0 saturated heterocycles. The van der Waals surface area contributed by atoms with Crippen LogP contribution in [0.4, 0.5) is 0 Å². The Kier molecular flexibility index (Phi) is 1.70. The molecule has 0 radical (unpaired) electrons. The van der Waals surface area contributed by atoms with Crippen molar-refractivity contribution >= 4 is 5.91 Å². The molecule has 2 heterocycles. The molecule has 0 aromatic heterocycles. The average Bonchev–Trinajstić information content (AvgIpc) is 2.63. The molecule has 2 rings (SSSR count). The van der Waals surface area contributed by atoms with E-state index in [1.165, 1.54) is 0 Å². The normalized spacial score (nSPS) is 10.2. The lowest BCUT2D eigenvalue weighted by Gasteiger charge is -2.01. The van der Waals surface area contributed by atoms with Crippen LogP contribution in [0.25, 0.3) is 11.4 Å². The maximum atomic E-state index is 11.2. The van der Waals surface area contributed by atoms with Gasteiger partial charge in [-0.2, -0.15) is 0 Å². The quantitative estimate of drug-likeness (QED) is 0.655. The minimum absolute atomic E-state index is 0.233. The summed E-state index contributed by atoms with van der Waals surface area (Å²) in [5, 5.41) is 2.49. The van der Waals surface area contributed by atoms with Gasteiger partial charge >= 0.3 is 0 Å². The van der Waals surface area contributed by atoms with E-state index in [-0.39, 0.29) is 5.91 Å². The van der Waals surface area contributed by atoms with Crippen molar-refractivity contribution in [2.75, 3.05) is 7.05 Å². The molecule has 1 amide bonds. The topological polar surface area (TPSA) is 70.7 Å². The van der Waals surface area contributed by atoms with Gasteiger partial charge in [0.15, 0.2) is 5.82 Å². The van der Waals surface area contributed by atoms with E-state index in [0.717, 1.165) is 11.4 Å². The summed E-state index contributed by atoms with van der Waals surface area (Å²) in [5.41, 5.74) is 1.57. The summed E-state index contributed by atoms with van der Waals surface area (Å²) in [5.74, 6) is 0.0612. The van der Waals surface area contributed by atoms with Crippen LogP contribution in [0.2, 0.25) is 0 Å². The van der Waals surface area contributed by atoms with Gasteiger partial charge in [0.2, 0.25) is 0 Å². The minimum atomic E-state index is -0.233. The van der Waals surface area contributed by atoms with Gasteiger partial charge < -0.3 is 10.3 Å². The van der Waals surface area contributed by atoms with Crippen molar-refractivity contribution < 1.29 is 4.79 Å². The first kappa shape index (κ1) is 7.72. The second kappa shape index (κ2) is 2.85. The van der Waals surface area contributed by atoms with Crippen molar-refractivity contribution in [3.05, 3.63) is 24.3 Å². The lowest BCUT2D eigenvalue weighted by atomic mass is 10.3. The molecular formula is C8H8N4O.